The first-order valence-corrected chi connectivity index (χ1v) is 10.7. The topological polar surface area (TPSA) is 68.2 Å². The molecule has 0 aliphatic carbocycles. The highest BCUT2D eigenvalue weighted by Crippen LogP contribution is 2.20. The average molecular weight is 526 g/mol. The smallest absolute Gasteiger partial charge is 0.194 e. The number of aromatic nitrogens is 1. The number of nitrogens with zero attached hydrogens (tertiary/aromatic N) is 3. The Morgan fingerprint density at radius 2 is 2.21 bits per heavy atom. The van der Waals surface area contributed by atoms with Gasteiger partial charge in [0.1, 0.15) is 11.1 Å². The first kappa shape index (κ1) is 25.5. The van der Waals surface area contributed by atoms with Crippen LogP contribution in [0.15, 0.2) is 10.4 Å². The van der Waals surface area contributed by atoms with Gasteiger partial charge in [0.2, 0.25) is 0 Å². The summed E-state index contributed by atoms with van der Waals surface area (Å²) in [5.74, 6) is 0.901. The van der Waals surface area contributed by atoms with E-state index in [-0.39, 0.29) is 30.1 Å². The number of hydrogen-bond acceptors (Lipinski definition) is 6. The third-order valence-corrected chi connectivity index (χ3v) is 5.51. The van der Waals surface area contributed by atoms with Crippen molar-refractivity contribution in [3.05, 3.63) is 16.1 Å². The molecule has 1 atom stereocenters. The number of halogens is 1. The van der Waals surface area contributed by atoms with Crippen LogP contribution in [-0.4, -0.2) is 69.0 Å². The highest BCUT2D eigenvalue weighted by Gasteiger charge is 2.14. The number of ether oxygens (including phenoxy) is 3. The van der Waals surface area contributed by atoms with E-state index < -0.39 is 0 Å². The van der Waals surface area contributed by atoms with E-state index in [9.17, 15) is 0 Å². The molecule has 0 amide bonds. The molecule has 1 saturated heterocycles. The number of hydrogen-bond donors (Lipinski definition) is 1. The van der Waals surface area contributed by atoms with Gasteiger partial charge in [0.05, 0.1) is 18.3 Å². The van der Waals surface area contributed by atoms with Crippen molar-refractivity contribution in [2.45, 2.75) is 51.9 Å². The second-order valence-electron chi connectivity index (χ2n) is 6.68. The molecule has 162 valence electrons. The summed E-state index contributed by atoms with van der Waals surface area (Å²) in [5.41, 5.74) is 1.04. The van der Waals surface area contributed by atoms with Crippen molar-refractivity contribution in [2.75, 3.05) is 47.1 Å². The lowest BCUT2D eigenvalue weighted by Gasteiger charge is -2.22. The fraction of sp³-hybridized carbons (Fsp3) is 0.789. The van der Waals surface area contributed by atoms with E-state index in [0.717, 1.165) is 75.4 Å². The zero-order chi connectivity index (χ0) is 19.5. The normalized spacial score (nSPS) is 16.5. The molecular weight excluding hydrogens is 491 g/mol. The summed E-state index contributed by atoms with van der Waals surface area (Å²) < 4.78 is 16.6. The zero-order valence-electron chi connectivity index (χ0n) is 17.5. The zero-order valence-corrected chi connectivity index (χ0v) is 20.6. The van der Waals surface area contributed by atoms with Crippen LogP contribution in [0.3, 0.4) is 0 Å². The van der Waals surface area contributed by atoms with Gasteiger partial charge in [0.25, 0.3) is 0 Å². The lowest BCUT2D eigenvalue weighted by Crippen LogP contribution is -2.38. The second-order valence-corrected chi connectivity index (χ2v) is 7.57. The summed E-state index contributed by atoms with van der Waals surface area (Å²) >= 11 is 1.64. The minimum atomic E-state index is 0. The first-order chi connectivity index (χ1) is 13.1. The number of thiazole rings is 1. The van der Waals surface area contributed by atoms with Crippen LogP contribution in [0.25, 0.3) is 0 Å². The van der Waals surface area contributed by atoms with Crippen LogP contribution >= 0.6 is 35.3 Å². The van der Waals surface area contributed by atoms with Crippen molar-refractivity contribution in [3.63, 3.8) is 0 Å². The van der Waals surface area contributed by atoms with Gasteiger partial charge < -0.3 is 24.4 Å². The molecule has 1 N–H and O–H groups in total. The molecule has 1 unspecified atom stereocenters. The van der Waals surface area contributed by atoms with Crippen LogP contribution < -0.4 is 5.32 Å². The molecule has 1 aliphatic heterocycles. The van der Waals surface area contributed by atoms with Gasteiger partial charge in [0, 0.05) is 52.4 Å². The average Bonchev–Trinajstić information content (AvgIpc) is 3.15. The third-order valence-electron chi connectivity index (χ3n) is 4.45. The predicted molar refractivity (Wildman–Crippen MR) is 125 cm³/mol. The number of rotatable bonds is 10. The number of guanidine groups is 1. The minimum Gasteiger partial charge on any atom is -0.381 e. The van der Waals surface area contributed by atoms with Crippen LogP contribution in [-0.2, 0) is 20.8 Å². The Balaban J connectivity index is 0.00000392. The Hall–Kier alpha value is -0.490. The molecule has 2 heterocycles. The van der Waals surface area contributed by atoms with Crippen molar-refractivity contribution in [2.24, 2.45) is 4.99 Å². The summed E-state index contributed by atoms with van der Waals surface area (Å²) in [6, 6.07) is 0. The van der Waals surface area contributed by atoms with Gasteiger partial charge in [-0.15, -0.1) is 35.3 Å². The molecule has 0 saturated carbocycles. The number of aliphatic imine (C=N–C) groups is 1. The quantitative estimate of drug-likeness (QED) is 0.218. The molecule has 0 bridgehead atoms. The summed E-state index contributed by atoms with van der Waals surface area (Å²) in [5, 5.41) is 6.45. The van der Waals surface area contributed by atoms with Crippen molar-refractivity contribution in [1.29, 1.82) is 0 Å². The van der Waals surface area contributed by atoms with E-state index in [2.05, 4.69) is 27.5 Å². The Labute approximate surface area is 190 Å². The van der Waals surface area contributed by atoms with Gasteiger partial charge in [-0.1, -0.05) is 0 Å². The van der Waals surface area contributed by atoms with Gasteiger partial charge in [-0.3, -0.25) is 4.99 Å². The largest absolute Gasteiger partial charge is 0.381 e. The van der Waals surface area contributed by atoms with E-state index >= 15 is 0 Å². The van der Waals surface area contributed by atoms with Crippen LogP contribution in [0.5, 0.6) is 0 Å². The van der Waals surface area contributed by atoms with Crippen molar-refractivity contribution < 1.29 is 14.2 Å². The predicted octanol–water partition coefficient (Wildman–Crippen LogP) is 3.45. The minimum absolute atomic E-state index is 0. The van der Waals surface area contributed by atoms with Gasteiger partial charge in [-0.05, 0) is 33.1 Å². The molecule has 2 rings (SSSR count). The van der Waals surface area contributed by atoms with E-state index in [0.29, 0.717) is 6.10 Å². The van der Waals surface area contributed by atoms with Gasteiger partial charge >= 0.3 is 0 Å². The second kappa shape index (κ2) is 14.5. The van der Waals surface area contributed by atoms with Gasteiger partial charge in [-0.25, -0.2) is 4.98 Å². The monoisotopic (exact) mass is 526 g/mol. The van der Waals surface area contributed by atoms with Crippen LogP contribution in [0, 0.1) is 0 Å². The number of nitrogens with one attached hydrogen (secondary N) is 1. The Bertz CT molecular complexity index is 567. The van der Waals surface area contributed by atoms with Gasteiger partial charge in [0.15, 0.2) is 5.96 Å². The van der Waals surface area contributed by atoms with Crippen LogP contribution in [0.4, 0.5) is 0 Å². The van der Waals surface area contributed by atoms with Crippen molar-refractivity contribution in [3.8, 4) is 0 Å². The maximum atomic E-state index is 5.91. The highest BCUT2D eigenvalue weighted by atomic mass is 127. The lowest BCUT2D eigenvalue weighted by molar-refractivity contribution is -0.0318. The summed E-state index contributed by atoms with van der Waals surface area (Å²) in [4.78, 5) is 11.5. The van der Waals surface area contributed by atoms with Crippen molar-refractivity contribution >= 4 is 41.3 Å². The fourth-order valence-electron chi connectivity index (χ4n) is 2.81. The lowest BCUT2D eigenvalue weighted by atomic mass is 10.1. The van der Waals surface area contributed by atoms with Crippen molar-refractivity contribution in [1.82, 2.24) is 15.2 Å². The van der Waals surface area contributed by atoms with E-state index in [1.165, 1.54) is 0 Å². The molecular formula is C19H35IN4O3S. The molecule has 1 aromatic heterocycles. The Morgan fingerprint density at radius 3 is 2.89 bits per heavy atom. The molecule has 1 aliphatic rings. The van der Waals surface area contributed by atoms with Gasteiger partial charge in [-0.2, -0.15) is 0 Å². The summed E-state index contributed by atoms with van der Waals surface area (Å²) in [7, 11) is 3.75. The third kappa shape index (κ3) is 8.89. The Kier molecular flexibility index (Phi) is 13.2. The Morgan fingerprint density at radius 1 is 1.46 bits per heavy atom. The standard InChI is InChI=1S/C19H34N4O3S.HI/c1-5-20-19(21-9-6-10-26-17-7-11-25-12-8-17)23(3)13-16-14-27-18(22-16)15(2)24-4;/h14-15,17H,5-13H2,1-4H3,(H,20,21);1H. The molecule has 0 spiro atoms. The van der Waals surface area contributed by atoms with Crippen LogP contribution in [0.1, 0.15) is 49.9 Å². The molecule has 0 radical (unpaired) electrons. The molecule has 9 heteroatoms. The van der Waals surface area contributed by atoms with E-state index in [4.69, 9.17) is 19.2 Å². The highest BCUT2D eigenvalue weighted by molar-refractivity contribution is 14.0. The fourth-order valence-corrected chi connectivity index (χ4v) is 3.65. The maximum absolute atomic E-state index is 5.91. The van der Waals surface area contributed by atoms with E-state index in [1.54, 1.807) is 18.4 Å². The molecule has 1 fully saturated rings. The molecule has 7 nitrogen and oxygen atoms in total. The molecule has 1 aromatic rings. The summed E-state index contributed by atoms with van der Waals surface area (Å²) in [6.07, 6.45) is 3.32. The summed E-state index contributed by atoms with van der Waals surface area (Å²) in [6.45, 7) is 8.79. The number of methoxy groups -OCH3 is 1. The maximum Gasteiger partial charge on any atom is 0.194 e. The van der Waals surface area contributed by atoms with Crippen LogP contribution in [0.2, 0.25) is 0 Å². The SMILES string of the molecule is CCNC(=NCCCOC1CCOCC1)N(C)Cc1csc(C(C)OC)n1.I. The first-order valence-electron chi connectivity index (χ1n) is 9.80. The molecule has 0 aromatic carbocycles. The molecule has 28 heavy (non-hydrogen) atoms. The van der Waals surface area contributed by atoms with E-state index in [1.807, 2.05) is 14.0 Å².